The van der Waals surface area contributed by atoms with Crippen molar-refractivity contribution in [2.45, 2.75) is 13.5 Å². The molecule has 0 aliphatic rings. The number of aromatic nitrogens is 1. The Bertz CT molecular complexity index is 565. The molecular formula is C11H11BrN2O2S2. The summed E-state index contributed by atoms with van der Waals surface area (Å²) in [4.78, 5) is 17.7. The van der Waals surface area contributed by atoms with E-state index >= 15 is 0 Å². The maximum atomic E-state index is 11.4. The first-order valence-corrected chi connectivity index (χ1v) is 7.62. The molecule has 0 aromatic carbocycles. The van der Waals surface area contributed by atoms with Crippen LogP contribution in [0.2, 0.25) is 0 Å². The van der Waals surface area contributed by atoms with E-state index in [1.807, 2.05) is 18.4 Å². The first-order valence-electron chi connectivity index (χ1n) is 5.13. The first kappa shape index (κ1) is 13.5. The van der Waals surface area contributed by atoms with Gasteiger partial charge in [-0.3, -0.25) is 0 Å². The predicted octanol–water partition coefficient (Wildman–Crippen LogP) is 3.67. The van der Waals surface area contributed by atoms with E-state index in [0.717, 1.165) is 14.5 Å². The second-order valence-electron chi connectivity index (χ2n) is 3.46. The van der Waals surface area contributed by atoms with Crippen molar-refractivity contribution in [3.05, 3.63) is 31.4 Å². The Labute approximate surface area is 121 Å². The van der Waals surface area contributed by atoms with Crippen molar-refractivity contribution in [1.29, 1.82) is 0 Å². The number of thiophene rings is 1. The smallest absolute Gasteiger partial charge is 0.357 e. The highest BCUT2D eigenvalue weighted by atomic mass is 79.9. The van der Waals surface area contributed by atoms with Crippen LogP contribution in [0.5, 0.6) is 0 Å². The van der Waals surface area contributed by atoms with Crippen molar-refractivity contribution in [3.63, 3.8) is 0 Å². The summed E-state index contributed by atoms with van der Waals surface area (Å²) in [7, 11) is 1.36. The average molecular weight is 347 g/mol. The molecule has 0 fully saturated rings. The predicted molar refractivity (Wildman–Crippen MR) is 77.5 cm³/mol. The van der Waals surface area contributed by atoms with Crippen molar-refractivity contribution in [1.82, 2.24) is 4.98 Å². The van der Waals surface area contributed by atoms with Crippen LogP contribution in [0.3, 0.4) is 0 Å². The largest absolute Gasteiger partial charge is 0.464 e. The number of methoxy groups -OCH3 is 1. The third-order valence-corrected chi connectivity index (χ3v) is 5.12. The molecule has 0 bridgehead atoms. The number of anilines is 1. The Morgan fingerprint density at radius 3 is 3.00 bits per heavy atom. The molecule has 0 unspecified atom stereocenters. The SMILES string of the molecule is COC(=O)c1nc(NCc2sccc2Br)sc1C. The van der Waals surface area contributed by atoms with Gasteiger partial charge in [-0.15, -0.1) is 22.7 Å². The molecule has 2 rings (SSSR count). The molecule has 2 aromatic rings. The van der Waals surface area contributed by atoms with E-state index in [0.29, 0.717) is 12.2 Å². The summed E-state index contributed by atoms with van der Waals surface area (Å²) in [6, 6.07) is 2.01. The van der Waals surface area contributed by atoms with Gasteiger partial charge in [-0.1, -0.05) is 0 Å². The Hall–Kier alpha value is -0.920. The zero-order chi connectivity index (χ0) is 13.1. The Morgan fingerprint density at radius 2 is 2.39 bits per heavy atom. The van der Waals surface area contributed by atoms with E-state index in [1.165, 1.54) is 23.3 Å². The van der Waals surface area contributed by atoms with E-state index < -0.39 is 5.97 Å². The van der Waals surface area contributed by atoms with Crippen molar-refractivity contribution in [2.24, 2.45) is 0 Å². The fraction of sp³-hybridized carbons (Fsp3) is 0.273. The number of carbonyl (C=O) groups excluding carboxylic acids is 1. The molecular weight excluding hydrogens is 336 g/mol. The second kappa shape index (κ2) is 5.81. The molecule has 2 aromatic heterocycles. The maximum absolute atomic E-state index is 11.4. The maximum Gasteiger partial charge on any atom is 0.357 e. The second-order valence-corrected chi connectivity index (χ2v) is 6.52. The number of carbonyl (C=O) groups is 1. The van der Waals surface area contributed by atoms with E-state index in [9.17, 15) is 4.79 Å². The zero-order valence-electron chi connectivity index (χ0n) is 9.82. The summed E-state index contributed by atoms with van der Waals surface area (Å²) < 4.78 is 5.76. The van der Waals surface area contributed by atoms with Gasteiger partial charge in [0.15, 0.2) is 10.8 Å². The number of hydrogen-bond donors (Lipinski definition) is 1. The Morgan fingerprint density at radius 1 is 1.61 bits per heavy atom. The van der Waals surface area contributed by atoms with Crippen molar-refractivity contribution >= 4 is 49.7 Å². The Balaban J connectivity index is 2.07. The minimum Gasteiger partial charge on any atom is -0.464 e. The number of nitrogens with one attached hydrogen (secondary N) is 1. The van der Waals surface area contributed by atoms with Crippen LogP contribution < -0.4 is 5.32 Å². The van der Waals surface area contributed by atoms with Gasteiger partial charge in [-0.25, -0.2) is 9.78 Å². The molecule has 4 nitrogen and oxygen atoms in total. The highest BCUT2D eigenvalue weighted by Crippen LogP contribution is 2.26. The molecule has 2 heterocycles. The number of thiazole rings is 1. The molecule has 0 saturated carbocycles. The lowest BCUT2D eigenvalue weighted by Gasteiger charge is -2.00. The lowest BCUT2D eigenvalue weighted by Crippen LogP contribution is -2.04. The van der Waals surface area contributed by atoms with E-state index in [4.69, 9.17) is 0 Å². The molecule has 96 valence electrons. The van der Waals surface area contributed by atoms with Crippen LogP contribution in [0.25, 0.3) is 0 Å². The molecule has 0 aliphatic heterocycles. The van der Waals surface area contributed by atoms with Crippen LogP contribution in [0.15, 0.2) is 15.9 Å². The third kappa shape index (κ3) is 2.90. The average Bonchev–Trinajstić information content (AvgIpc) is 2.92. The van der Waals surface area contributed by atoms with Crippen molar-refractivity contribution in [3.8, 4) is 0 Å². The fourth-order valence-corrected chi connectivity index (χ4v) is 3.59. The molecule has 0 spiro atoms. The quantitative estimate of drug-likeness (QED) is 0.858. The number of nitrogens with zero attached hydrogens (tertiary/aromatic N) is 1. The van der Waals surface area contributed by atoms with Crippen LogP contribution in [0, 0.1) is 6.92 Å². The monoisotopic (exact) mass is 346 g/mol. The van der Waals surface area contributed by atoms with Crippen molar-refractivity contribution in [2.75, 3.05) is 12.4 Å². The highest BCUT2D eigenvalue weighted by Gasteiger charge is 2.15. The van der Waals surface area contributed by atoms with Gasteiger partial charge in [-0.05, 0) is 34.3 Å². The zero-order valence-corrected chi connectivity index (χ0v) is 13.0. The molecule has 0 aliphatic carbocycles. The summed E-state index contributed by atoms with van der Waals surface area (Å²) in [5.41, 5.74) is 0.384. The molecule has 0 amide bonds. The van der Waals surface area contributed by atoms with E-state index in [-0.39, 0.29) is 0 Å². The first-order chi connectivity index (χ1) is 8.61. The van der Waals surface area contributed by atoms with Crippen molar-refractivity contribution < 1.29 is 9.53 Å². The minimum absolute atomic E-state index is 0.384. The number of rotatable bonds is 4. The van der Waals surface area contributed by atoms with Gasteiger partial charge >= 0.3 is 5.97 Å². The van der Waals surface area contributed by atoms with Gasteiger partial charge in [0.1, 0.15) is 0 Å². The molecule has 1 N–H and O–H groups in total. The third-order valence-electron chi connectivity index (χ3n) is 2.27. The van der Waals surface area contributed by atoms with Crippen LogP contribution in [0.4, 0.5) is 5.13 Å². The van der Waals surface area contributed by atoms with Gasteiger partial charge in [0.05, 0.1) is 13.7 Å². The van der Waals surface area contributed by atoms with E-state index in [2.05, 4.69) is 31.0 Å². The van der Waals surface area contributed by atoms with Gasteiger partial charge in [0.2, 0.25) is 0 Å². The standard InChI is InChI=1S/C11H11BrN2O2S2/c1-6-9(10(15)16-2)14-11(18-6)13-5-8-7(12)3-4-17-8/h3-4H,5H2,1-2H3,(H,13,14). The van der Waals surface area contributed by atoms with Gasteiger partial charge in [0, 0.05) is 14.2 Å². The fourth-order valence-electron chi connectivity index (χ4n) is 1.37. The Kier molecular flexibility index (Phi) is 4.36. The lowest BCUT2D eigenvalue weighted by molar-refractivity contribution is 0.0594. The number of hydrogen-bond acceptors (Lipinski definition) is 6. The van der Waals surface area contributed by atoms with Crippen LogP contribution in [-0.4, -0.2) is 18.1 Å². The molecule has 0 atom stereocenters. The highest BCUT2D eigenvalue weighted by molar-refractivity contribution is 9.10. The molecule has 18 heavy (non-hydrogen) atoms. The summed E-state index contributed by atoms with van der Waals surface area (Å²) >= 11 is 6.59. The molecule has 0 saturated heterocycles. The van der Waals surface area contributed by atoms with Gasteiger partial charge in [0.25, 0.3) is 0 Å². The van der Waals surface area contributed by atoms with E-state index in [1.54, 1.807) is 11.3 Å². The number of esters is 1. The topological polar surface area (TPSA) is 51.2 Å². The molecule has 0 radical (unpaired) electrons. The summed E-state index contributed by atoms with van der Waals surface area (Å²) in [6.07, 6.45) is 0. The van der Waals surface area contributed by atoms with Crippen LogP contribution >= 0.6 is 38.6 Å². The van der Waals surface area contributed by atoms with Crippen LogP contribution in [-0.2, 0) is 11.3 Å². The summed E-state index contributed by atoms with van der Waals surface area (Å²) in [6.45, 7) is 2.54. The summed E-state index contributed by atoms with van der Waals surface area (Å²) in [5, 5.41) is 5.96. The summed E-state index contributed by atoms with van der Waals surface area (Å²) in [5.74, 6) is -0.394. The molecule has 7 heteroatoms. The lowest BCUT2D eigenvalue weighted by atomic mass is 10.4. The van der Waals surface area contributed by atoms with Crippen LogP contribution in [0.1, 0.15) is 20.2 Å². The van der Waals surface area contributed by atoms with Gasteiger partial charge in [-0.2, -0.15) is 0 Å². The minimum atomic E-state index is -0.394. The number of halogens is 1. The number of aryl methyl sites for hydroxylation is 1. The number of ether oxygens (including phenoxy) is 1. The van der Waals surface area contributed by atoms with Gasteiger partial charge < -0.3 is 10.1 Å². The normalized spacial score (nSPS) is 10.4.